The molecular formula is C15H23N3O3. The summed E-state index contributed by atoms with van der Waals surface area (Å²) >= 11 is 0. The molecule has 1 aliphatic heterocycles. The fourth-order valence-corrected chi connectivity index (χ4v) is 2.72. The lowest BCUT2D eigenvalue weighted by molar-refractivity contribution is 0.0591. The number of hydrogen-bond donors (Lipinski definition) is 1. The van der Waals surface area contributed by atoms with Gasteiger partial charge in [0.15, 0.2) is 0 Å². The van der Waals surface area contributed by atoms with Gasteiger partial charge in [0.25, 0.3) is 11.5 Å². The highest BCUT2D eigenvalue weighted by molar-refractivity contribution is 5.92. The first-order valence-corrected chi connectivity index (χ1v) is 7.67. The zero-order chi connectivity index (χ0) is 15.2. The van der Waals surface area contributed by atoms with E-state index in [1.165, 1.54) is 16.8 Å². The van der Waals surface area contributed by atoms with Crippen LogP contribution in [0.5, 0.6) is 0 Å². The molecule has 6 heteroatoms. The Balaban J connectivity index is 2.25. The molecule has 2 heterocycles. The molecule has 0 bridgehead atoms. The molecule has 21 heavy (non-hydrogen) atoms. The normalized spacial score (nSPS) is 19.3. The maximum Gasteiger partial charge on any atom is 0.274 e. The summed E-state index contributed by atoms with van der Waals surface area (Å²) in [6, 6.07) is 2.73. The second kappa shape index (κ2) is 7.36. The van der Waals surface area contributed by atoms with E-state index in [1.807, 2.05) is 6.92 Å². The van der Waals surface area contributed by atoms with Crippen LogP contribution in [0.4, 0.5) is 0 Å². The number of carbonyl (C=O) groups excluding carboxylic acids is 1. The van der Waals surface area contributed by atoms with Crippen molar-refractivity contribution in [3.63, 3.8) is 0 Å². The Kier molecular flexibility index (Phi) is 5.50. The Labute approximate surface area is 124 Å². The zero-order valence-corrected chi connectivity index (χ0v) is 12.5. The molecule has 0 aliphatic carbocycles. The third kappa shape index (κ3) is 3.69. The van der Waals surface area contributed by atoms with Crippen LogP contribution in [-0.2, 0) is 6.54 Å². The SMILES string of the molecule is CCCn1nc(C(=O)N2CCCCCC2CO)ccc1=O. The first-order valence-electron chi connectivity index (χ1n) is 7.67. The van der Waals surface area contributed by atoms with E-state index >= 15 is 0 Å². The van der Waals surface area contributed by atoms with Crippen LogP contribution >= 0.6 is 0 Å². The molecule has 1 saturated heterocycles. The summed E-state index contributed by atoms with van der Waals surface area (Å²) in [5, 5.41) is 13.7. The number of nitrogens with zero attached hydrogens (tertiary/aromatic N) is 3. The van der Waals surface area contributed by atoms with Crippen LogP contribution in [-0.4, -0.2) is 44.9 Å². The molecule has 0 spiro atoms. The summed E-state index contributed by atoms with van der Waals surface area (Å²) in [4.78, 5) is 26.0. The lowest BCUT2D eigenvalue weighted by atomic mass is 10.1. The van der Waals surface area contributed by atoms with Crippen LogP contribution in [0.15, 0.2) is 16.9 Å². The van der Waals surface area contributed by atoms with E-state index in [9.17, 15) is 14.7 Å². The Morgan fingerprint density at radius 2 is 2.19 bits per heavy atom. The number of rotatable bonds is 4. The molecule has 1 aromatic rings. The first kappa shape index (κ1) is 15.7. The third-order valence-corrected chi connectivity index (χ3v) is 3.87. The highest BCUT2D eigenvalue weighted by Crippen LogP contribution is 2.18. The van der Waals surface area contributed by atoms with Crippen molar-refractivity contribution in [3.8, 4) is 0 Å². The minimum Gasteiger partial charge on any atom is -0.394 e. The van der Waals surface area contributed by atoms with E-state index in [4.69, 9.17) is 0 Å². The van der Waals surface area contributed by atoms with Crippen molar-refractivity contribution < 1.29 is 9.90 Å². The van der Waals surface area contributed by atoms with Gasteiger partial charge in [-0.1, -0.05) is 19.8 Å². The predicted octanol–water partition coefficient (Wildman–Crippen LogP) is 1.03. The van der Waals surface area contributed by atoms with Crippen LogP contribution in [0, 0.1) is 0 Å². The number of amides is 1. The van der Waals surface area contributed by atoms with Crippen molar-refractivity contribution in [1.82, 2.24) is 14.7 Å². The number of aryl methyl sites for hydroxylation is 1. The fourth-order valence-electron chi connectivity index (χ4n) is 2.72. The van der Waals surface area contributed by atoms with E-state index < -0.39 is 0 Å². The molecule has 0 radical (unpaired) electrons. The van der Waals surface area contributed by atoms with Gasteiger partial charge in [-0.2, -0.15) is 5.10 Å². The molecular weight excluding hydrogens is 270 g/mol. The summed E-state index contributed by atoms with van der Waals surface area (Å²) in [6.07, 6.45) is 4.64. The number of hydrogen-bond acceptors (Lipinski definition) is 4. The average molecular weight is 293 g/mol. The van der Waals surface area contributed by atoms with Crippen LogP contribution in [0.25, 0.3) is 0 Å². The van der Waals surface area contributed by atoms with Gasteiger partial charge < -0.3 is 10.0 Å². The van der Waals surface area contributed by atoms with Gasteiger partial charge in [-0.3, -0.25) is 9.59 Å². The van der Waals surface area contributed by atoms with Gasteiger partial charge >= 0.3 is 0 Å². The maximum atomic E-state index is 12.6. The number of likely N-dealkylation sites (tertiary alicyclic amines) is 1. The Bertz CT molecular complexity index is 541. The van der Waals surface area contributed by atoms with Gasteiger partial charge in [-0.05, 0) is 25.3 Å². The minimum absolute atomic E-state index is 0.0274. The van der Waals surface area contributed by atoms with Crippen LogP contribution in [0.1, 0.15) is 49.5 Å². The van der Waals surface area contributed by atoms with E-state index in [1.54, 1.807) is 4.90 Å². The molecule has 1 aromatic heterocycles. The fraction of sp³-hybridized carbons (Fsp3) is 0.667. The van der Waals surface area contributed by atoms with E-state index in [0.29, 0.717) is 13.1 Å². The molecule has 0 aromatic carbocycles. The van der Waals surface area contributed by atoms with Crippen LogP contribution in [0.3, 0.4) is 0 Å². The van der Waals surface area contributed by atoms with Gasteiger partial charge in [0.05, 0.1) is 12.6 Å². The van der Waals surface area contributed by atoms with Crippen molar-refractivity contribution in [1.29, 1.82) is 0 Å². The number of aliphatic hydroxyl groups is 1. The van der Waals surface area contributed by atoms with E-state index in [2.05, 4.69) is 5.10 Å². The number of aliphatic hydroxyl groups excluding tert-OH is 1. The van der Waals surface area contributed by atoms with Crippen molar-refractivity contribution in [3.05, 3.63) is 28.2 Å². The third-order valence-electron chi connectivity index (χ3n) is 3.87. The van der Waals surface area contributed by atoms with Crippen LogP contribution < -0.4 is 5.56 Å². The topological polar surface area (TPSA) is 75.4 Å². The lowest BCUT2D eigenvalue weighted by Gasteiger charge is -2.28. The first-order chi connectivity index (χ1) is 10.2. The summed E-state index contributed by atoms with van der Waals surface area (Å²) in [6.45, 7) is 3.07. The van der Waals surface area contributed by atoms with Crippen molar-refractivity contribution >= 4 is 5.91 Å². The predicted molar refractivity (Wildman–Crippen MR) is 79.2 cm³/mol. The number of carbonyl (C=O) groups is 1. The standard InChI is InChI=1S/C15H23N3O3/c1-2-9-18-14(20)8-7-13(16-18)15(21)17-10-5-3-4-6-12(17)11-19/h7-8,12,19H,2-6,9-11H2,1H3. The molecule has 1 unspecified atom stereocenters. The second-order valence-corrected chi connectivity index (χ2v) is 5.46. The van der Waals surface area contributed by atoms with Crippen molar-refractivity contribution in [2.45, 2.75) is 51.6 Å². The minimum atomic E-state index is -0.194. The second-order valence-electron chi connectivity index (χ2n) is 5.46. The smallest absolute Gasteiger partial charge is 0.274 e. The maximum absolute atomic E-state index is 12.6. The zero-order valence-electron chi connectivity index (χ0n) is 12.5. The Morgan fingerprint density at radius 1 is 1.38 bits per heavy atom. The van der Waals surface area contributed by atoms with Crippen LogP contribution in [0.2, 0.25) is 0 Å². The largest absolute Gasteiger partial charge is 0.394 e. The Hall–Kier alpha value is -1.69. The molecule has 6 nitrogen and oxygen atoms in total. The summed E-state index contributed by atoms with van der Waals surface area (Å²) < 4.78 is 1.33. The van der Waals surface area contributed by atoms with Gasteiger partial charge in [0, 0.05) is 19.2 Å². The average Bonchev–Trinajstić information content (AvgIpc) is 2.74. The van der Waals surface area contributed by atoms with Gasteiger partial charge in [0.2, 0.25) is 0 Å². The molecule has 1 fully saturated rings. The van der Waals surface area contributed by atoms with Gasteiger partial charge in [0.1, 0.15) is 5.69 Å². The van der Waals surface area contributed by atoms with E-state index in [0.717, 1.165) is 32.1 Å². The lowest BCUT2D eigenvalue weighted by Crippen LogP contribution is -2.43. The molecule has 0 saturated carbocycles. The summed E-state index contributed by atoms with van der Waals surface area (Å²) in [7, 11) is 0. The summed E-state index contributed by atoms with van der Waals surface area (Å²) in [5.41, 5.74) is 0.0892. The van der Waals surface area contributed by atoms with Crippen molar-refractivity contribution in [2.24, 2.45) is 0 Å². The van der Waals surface area contributed by atoms with Gasteiger partial charge in [-0.25, -0.2) is 4.68 Å². The molecule has 1 amide bonds. The number of aromatic nitrogens is 2. The molecule has 1 N–H and O–H groups in total. The Morgan fingerprint density at radius 3 is 2.90 bits per heavy atom. The monoisotopic (exact) mass is 293 g/mol. The highest BCUT2D eigenvalue weighted by Gasteiger charge is 2.26. The van der Waals surface area contributed by atoms with Crippen molar-refractivity contribution in [2.75, 3.05) is 13.2 Å². The molecule has 1 aliphatic rings. The molecule has 2 rings (SSSR count). The molecule has 116 valence electrons. The van der Waals surface area contributed by atoms with Gasteiger partial charge in [-0.15, -0.1) is 0 Å². The quantitative estimate of drug-likeness (QED) is 0.899. The van der Waals surface area contributed by atoms with E-state index in [-0.39, 0.29) is 29.8 Å². The highest BCUT2D eigenvalue weighted by atomic mass is 16.3. The molecule has 1 atom stereocenters. The summed E-state index contributed by atoms with van der Waals surface area (Å²) in [5.74, 6) is -0.194.